The quantitative estimate of drug-likeness (QED) is 0.138. The molecule has 0 aliphatic heterocycles. The van der Waals surface area contributed by atoms with Crippen LogP contribution >= 0.6 is 0 Å². The average molecular weight is 697 g/mol. The maximum atomic E-state index is 13.5. The summed E-state index contributed by atoms with van der Waals surface area (Å²) in [4.78, 5) is 41.9. The standard InChI is InChI=1S/C39H52N6O4Si/c1-24(2)50(25(3)4,26(5)6)21-18-31-30(14-15-32(41-31)42-37(46)28(8)44(12)38(47)49-39(9,10)11)36-35(29-16-19-40-34(23-29)48-13)43-33-22-27(7)17-20-45(33)36/h14-17,19-20,22-26,28H,1-13H3,(H,41,42,46). The number of carbonyl (C=O) groups excluding carboxylic acids is 2. The normalized spacial score (nSPS) is 12.6. The third-order valence-electron chi connectivity index (χ3n) is 9.31. The van der Waals surface area contributed by atoms with Crippen LogP contribution in [0.25, 0.3) is 28.2 Å². The Kier molecular flexibility index (Phi) is 11.5. The van der Waals surface area contributed by atoms with E-state index in [4.69, 9.17) is 19.4 Å². The minimum atomic E-state index is -2.18. The topological polar surface area (TPSA) is 111 Å². The van der Waals surface area contributed by atoms with Crippen molar-refractivity contribution in [3.63, 3.8) is 0 Å². The van der Waals surface area contributed by atoms with Crippen LogP contribution < -0.4 is 10.1 Å². The number of imidazole rings is 1. The average Bonchev–Trinajstić information content (AvgIpc) is 3.41. The molecule has 2 amide bonds. The van der Waals surface area contributed by atoms with Crippen LogP contribution in [0.4, 0.5) is 10.6 Å². The Hall–Kier alpha value is -4.69. The second-order valence-corrected chi connectivity index (χ2v) is 20.4. The van der Waals surface area contributed by atoms with E-state index >= 15 is 0 Å². The number of carbonyl (C=O) groups is 2. The van der Waals surface area contributed by atoms with Gasteiger partial charge in [-0.1, -0.05) is 47.5 Å². The molecule has 50 heavy (non-hydrogen) atoms. The Morgan fingerprint density at radius 1 is 0.960 bits per heavy atom. The minimum absolute atomic E-state index is 0.329. The summed E-state index contributed by atoms with van der Waals surface area (Å²) in [7, 11) is 0.954. The van der Waals surface area contributed by atoms with Crippen molar-refractivity contribution in [2.75, 3.05) is 19.5 Å². The second kappa shape index (κ2) is 15.0. The summed E-state index contributed by atoms with van der Waals surface area (Å²) in [5, 5.41) is 2.92. The zero-order valence-electron chi connectivity index (χ0n) is 31.8. The molecule has 0 saturated carbocycles. The van der Waals surface area contributed by atoms with Gasteiger partial charge in [-0.2, -0.15) is 0 Å². The first-order valence-electron chi connectivity index (χ1n) is 17.2. The number of aromatic nitrogens is 4. The zero-order valence-corrected chi connectivity index (χ0v) is 32.8. The van der Waals surface area contributed by atoms with Crippen molar-refractivity contribution in [1.29, 1.82) is 0 Å². The number of nitrogens with zero attached hydrogens (tertiary/aromatic N) is 5. The summed E-state index contributed by atoms with van der Waals surface area (Å²) < 4.78 is 13.0. The highest BCUT2D eigenvalue weighted by molar-refractivity contribution is 6.90. The third kappa shape index (κ3) is 8.02. The number of hydrogen-bond acceptors (Lipinski definition) is 7. The lowest BCUT2D eigenvalue weighted by molar-refractivity contribution is -0.120. The fraction of sp³-hybridized carbons (Fsp3) is 0.462. The summed E-state index contributed by atoms with van der Waals surface area (Å²) in [5.41, 5.74) is 9.88. The number of aryl methyl sites for hydroxylation is 1. The van der Waals surface area contributed by atoms with E-state index in [0.717, 1.165) is 33.7 Å². The smallest absolute Gasteiger partial charge is 0.410 e. The molecule has 4 heterocycles. The molecule has 11 heteroatoms. The number of hydrogen-bond donors (Lipinski definition) is 1. The van der Waals surface area contributed by atoms with Crippen LogP contribution in [0.1, 0.15) is 80.5 Å². The number of anilines is 1. The molecule has 0 bridgehead atoms. The largest absolute Gasteiger partial charge is 0.481 e. The van der Waals surface area contributed by atoms with E-state index in [1.54, 1.807) is 54.1 Å². The number of nitrogens with one attached hydrogen (secondary N) is 1. The maximum absolute atomic E-state index is 13.5. The van der Waals surface area contributed by atoms with Gasteiger partial charge in [0.15, 0.2) is 0 Å². The molecule has 0 aromatic carbocycles. The van der Waals surface area contributed by atoms with Gasteiger partial charge < -0.3 is 14.8 Å². The molecule has 0 spiro atoms. The van der Waals surface area contributed by atoms with Gasteiger partial charge in [-0.15, -0.1) is 5.54 Å². The van der Waals surface area contributed by atoms with E-state index in [1.807, 2.05) is 47.9 Å². The minimum Gasteiger partial charge on any atom is -0.481 e. The Labute approximate surface area is 298 Å². The molecule has 0 radical (unpaired) electrons. The van der Waals surface area contributed by atoms with Gasteiger partial charge in [-0.25, -0.2) is 19.7 Å². The van der Waals surface area contributed by atoms with Gasteiger partial charge in [0.05, 0.1) is 18.5 Å². The molecule has 1 unspecified atom stereocenters. The van der Waals surface area contributed by atoms with Crippen LogP contribution in [0, 0.1) is 18.4 Å². The fourth-order valence-electron chi connectivity index (χ4n) is 6.59. The van der Waals surface area contributed by atoms with E-state index in [0.29, 0.717) is 34.0 Å². The highest BCUT2D eigenvalue weighted by Gasteiger charge is 2.42. The predicted octanol–water partition coefficient (Wildman–Crippen LogP) is 8.54. The lowest BCUT2D eigenvalue weighted by Gasteiger charge is -2.38. The molecular weight excluding hydrogens is 645 g/mol. The van der Waals surface area contributed by atoms with Crippen molar-refractivity contribution >= 4 is 31.5 Å². The molecule has 0 aliphatic carbocycles. The zero-order chi connectivity index (χ0) is 37.1. The van der Waals surface area contributed by atoms with E-state index < -0.39 is 31.7 Å². The molecule has 4 aromatic rings. The molecule has 1 N–H and O–H groups in total. The number of methoxy groups -OCH3 is 1. The summed E-state index contributed by atoms with van der Waals surface area (Å²) in [5.74, 6) is 3.97. The highest BCUT2D eigenvalue weighted by atomic mass is 28.3. The Morgan fingerprint density at radius 2 is 1.62 bits per heavy atom. The molecule has 266 valence electrons. The van der Waals surface area contributed by atoms with E-state index in [-0.39, 0.29) is 0 Å². The second-order valence-electron chi connectivity index (χ2n) is 14.8. The van der Waals surface area contributed by atoms with Crippen LogP contribution in [-0.2, 0) is 9.53 Å². The number of likely N-dealkylation sites (N-methyl/N-ethyl adjacent to an activating group) is 1. The van der Waals surface area contributed by atoms with Crippen LogP contribution in [0.5, 0.6) is 5.88 Å². The molecule has 4 aromatic heterocycles. The van der Waals surface area contributed by atoms with E-state index in [9.17, 15) is 9.59 Å². The molecule has 0 saturated heterocycles. The SMILES string of the molecule is COc1cc(-c2nc3cc(C)ccn3c2-c2ccc(NC(=O)C(C)N(C)C(=O)OC(C)(C)C)nc2C#C[Si](C(C)C)(C(C)C)C(C)C)ccn1. The maximum Gasteiger partial charge on any atom is 0.410 e. The van der Waals surface area contributed by atoms with Crippen molar-refractivity contribution in [2.24, 2.45) is 0 Å². The first kappa shape index (κ1) is 38.1. The van der Waals surface area contributed by atoms with E-state index in [2.05, 4.69) is 63.3 Å². The number of pyridine rings is 3. The summed E-state index contributed by atoms with van der Waals surface area (Å²) in [6.45, 7) is 22.7. The van der Waals surface area contributed by atoms with Crippen molar-refractivity contribution in [1.82, 2.24) is 24.3 Å². The first-order chi connectivity index (χ1) is 23.4. The van der Waals surface area contributed by atoms with Gasteiger partial charge in [-0.3, -0.25) is 14.1 Å². The number of ether oxygens (including phenoxy) is 2. The Balaban J connectivity index is 1.93. The Morgan fingerprint density at radius 3 is 2.22 bits per heavy atom. The molecular formula is C39H52N6O4Si. The summed E-state index contributed by atoms with van der Waals surface area (Å²) in [6.07, 6.45) is 3.12. The molecule has 0 aliphatic rings. The van der Waals surface area contributed by atoms with Gasteiger partial charge in [0.1, 0.15) is 36.9 Å². The first-order valence-corrected chi connectivity index (χ1v) is 19.4. The number of rotatable bonds is 9. The van der Waals surface area contributed by atoms with Gasteiger partial charge in [-0.05, 0) is 87.1 Å². The fourth-order valence-corrected chi connectivity index (χ4v) is 11.8. The van der Waals surface area contributed by atoms with Crippen LogP contribution in [0.15, 0.2) is 48.8 Å². The lowest BCUT2D eigenvalue weighted by Crippen LogP contribution is -2.45. The third-order valence-corrected chi connectivity index (χ3v) is 15.6. The van der Waals surface area contributed by atoms with E-state index in [1.165, 1.54) is 4.90 Å². The predicted molar refractivity (Wildman–Crippen MR) is 203 cm³/mol. The van der Waals surface area contributed by atoms with Gasteiger partial charge in [0, 0.05) is 36.6 Å². The van der Waals surface area contributed by atoms with Crippen LogP contribution in [-0.4, -0.2) is 70.1 Å². The van der Waals surface area contributed by atoms with Crippen molar-refractivity contribution < 1.29 is 19.1 Å². The van der Waals surface area contributed by atoms with Gasteiger partial charge in [0.25, 0.3) is 0 Å². The number of amides is 2. The molecule has 0 fully saturated rings. The molecule has 4 rings (SSSR count). The number of fused-ring (bicyclic) bond motifs is 1. The van der Waals surface area contributed by atoms with Gasteiger partial charge >= 0.3 is 6.09 Å². The lowest BCUT2D eigenvalue weighted by atomic mass is 10.0. The summed E-state index contributed by atoms with van der Waals surface area (Å²) in [6, 6.07) is 10.7. The van der Waals surface area contributed by atoms with Crippen LogP contribution in [0.2, 0.25) is 16.6 Å². The van der Waals surface area contributed by atoms with Crippen molar-refractivity contribution in [2.45, 2.75) is 104 Å². The molecule has 1 atom stereocenters. The monoisotopic (exact) mass is 696 g/mol. The van der Waals surface area contributed by atoms with Gasteiger partial charge in [0.2, 0.25) is 11.8 Å². The summed E-state index contributed by atoms with van der Waals surface area (Å²) >= 11 is 0. The highest BCUT2D eigenvalue weighted by Crippen LogP contribution is 2.41. The van der Waals surface area contributed by atoms with Crippen LogP contribution in [0.3, 0.4) is 0 Å². The van der Waals surface area contributed by atoms with Crippen molar-refractivity contribution in [3.8, 4) is 39.9 Å². The van der Waals surface area contributed by atoms with Crippen molar-refractivity contribution in [3.05, 3.63) is 60.0 Å². The Bertz CT molecular complexity index is 1910. The molecule has 10 nitrogen and oxygen atoms in total.